The summed E-state index contributed by atoms with van der Waals surface area (Å²) in [5.41, 5.74) is 0.859. The number of rotatable bonds is 5. The van der Waals surface area contributed by atoms with Crippen LogP contribution in [0.4, 0.5) is 11.6 Å². The minimum Gasteiger partial charge on any atom is -0.495 e. The lowest BCUT2D eigenvalue weighted by atomic mass is 10.3. The van der Waals surface area contributed by atoms with Crippen molar-refractivity contribution in [3.63, 3.8) is 0 Å². The molecule has 5 heteroatoms. The number of imidazole rings is 1. The molecule has 0 amide bonds. The van der Waals surface area contributed by atoms with Crippen LogP contribution in [0.15, 0.2) is 43.2 Å². The molecule has 0 aliphatic heterocycles. The Morgan fingerprint density at radius 2 is 2.39 bits per heavy atom. The zero-order valence-electron chi connectivity index (χ0n) is 10.1. The van der Waals surface area contributed by atoms with E-state index in [4.69, 9.17) is 16.3 Å². The highest BCUT2D eigenvalue weighted by molar-refractivity contribution is 6.32. The molecule has 0 bridgehead atoms. The van der Waals surface area contributed by atoms with Crippen LogP contribution < -0.4 is 10.1 Å². The molecule has 2 rings (SSSR count). The van der Waals surface area contributed by atoms with E-state index >= 15 is 0 Å². The van der Waals surface area contributed by atoms with Crippen LogP contribution in [0.3, 0.4) is 0 Å². The van der Waals surface area contributed by atoms with E-state index in [2.05, 4.69) is 16.9 Å². The monoisotopic (exact) mass is 263 g/mol. The van der Waals surface area contributed by atoms with Gasteiger partial charge in [-0.15, -0.1) is 6.58 Å². The smallest absolute Gasteiger partial charge is 0.207 e. The molecule has 0 aliphatic rings. The lowest BCUT2D eigenvalue weighted by Gasteiger charge is -2.09. The summed E-state index contributed by atoms with van der Waals surface area (Å²) in [5, 5.41) is 3.75. The zero-order valence-corrected chi connectivity index (χ0v) is 10.8. The molecule has 1 heterocycles. The summed E-state index contributed by atoms with van der Waals surface area (Å²) in [4.78, 5) is 4.23. The van der Waals surface area contributed by atoms with Gasteiger partial charge < -0.3 is 14.6 Å². The standard InChI is InChI=1S/C13H14ClN3O/c1-3-7-17-8-6-15-13(17)16-10-4-5-12(18-2)11(14)9-10/h3-6,8-9H,1,7H2,2H3,(H,15,16). The van der Waals surface area contributed by atoms with Crippen molar-refractivity contribution in [3.8, 4) is 5.75 Å². The van der Waals surface area contributed by atoms with Gasteiger partial charge in [-0.2, -0.15) is 0 Å². The molecule has 0 radical (unpaired) electrons. The van der Waals surface area contributed by atoms with Crippen LogP contribution in [0, 0.1) is 0 Å². The molecule has 0 atom stereocenters. The largest absolute Gasteiger partial charge is 0.495 e. The molecule has 94 valence electrons. The van der Waals surface area contributed by atoms with Crippen molar-refractivity contribution >= 4 is 23.2 Å². The highest BCUT2D eigenvalue weighted by Gasteiger charge is 2.05. The molecule has 1 aromatic heterocycles. The number of halogens is 1. The molecular weight excluding hydrogens is 250 g/mol. The van der Waals surface area contributed by atoms with Gasteiger partial charge in [0.1, 0.15) is 5.75 Å². The van der Waals surface area contributed by atoms with Crippen molar-refractivity contribution in [2.75, 3.05) is 12.4 Å². The Labute approximate surface area is 111 Å². The maximum atomic E-state index is 6.06. The van der Waals surface area contributed by atoms with E-state index in [9.17, 15) is 0 Å². The first-order valence-corrected chi connectivity index (χ1v) is 5.85. The molecule has 2 aromatic rings. The Bertz CT molecular complexity index is 551. The second-order valence-corrected chi connectivity index (χ2v) is 4.07. The van der Waals surface area contributed by atoms with Gasteiger partial charge in [0.15, 0.2) is 0 Å². The predicted octanol–water partition coefficient (Wildman–Crippen LogP) is 3.47. The molecule has 1 N–H and O–H groups in total. The average Bonchev–Trinajstić information content (AvgIpc) is 2.78. The number of ether oxygens (including phenoxy) is 1. The van der Waals surface area contributed by atoms with Gasteiger partial charge in [-0.25, -0.2) is 4.98 Å². The number of aromatic nitrogens is 2. The summed E-state index contributed by atoms with van der Waals surface area (Å²) >= 11 is 6.06. The van der Waals surface area contributed by atoms with Gasteiger partial charge >= 0.3 is 0 Å². The highest BCUT2D eigenvalue weighted by atomic mass is 35.5. The van der Waals surface area contributed by atoms with Crippen LogP contribution in [0.1, 0.15) is 0 Å². The molecule has 0 fully saturated rings. The third kappa shape index (κ3) is 2.65. The van der Waals surface area contributed by atoms with Gasteiger partial charge in [0, 0.05) is 24.6 Å². The van der Waals surface area contributed by atoms with E-state index < -0.39 is 0 Å². The van der Waals surface area contributed by atoms with Crippen LogP contribution in [-0.4, -0.2) is 16.7 Å². The minimum absolute atomic E-state index is 0.560. The van der Waals surface area contributed by atoms with Crippen molar-refractivity contribution in [2.24, 2.45) is 0 Å². The third-order valence-corrected chi connectivity index (χ3v) is 2.74. The Morgan fingerprint density at radius 1 is 1.56 bits per heavy atom. The van der Waals surface area contributed by atoms with Gasteiger partial charge in [-0.1, -0.05) is 17.7 Å². The van der Waals surface area contributed by atoms with Crippen LogP contribution >= 0.6 is 11.6 Å². The van der Waals surface area contributed by atoms with E-state index in [0.717, 1.165) is 11.6 Å². The van der Waals surface area contributed by atoms with E-state index in [0.29, 0.717) is 17.3 Å². The van der Waals surface area contributed by atoms with Crippen molar-refractivity contribution < 1.29 is 4.74 Å². The van der Waals surface area contributed by atoms with Crippen LogP contribution in [0.25, 0.3) is 0 Å². The van der Waals surface area contributed by atoms with Crippen molar-refractivity contribution in [1.29, 1.82) is 0 Å². The number of nitrogens with zero attached hydrogens (tertiary/aromatic N) is 2. The average molecular weight is 264 g/mol. The highest BCUT2D eigenvalue weighted by Crippen LogP contribution is 2.28. The van der Waals surface area contributed by atoms with Crippen LogP contribution in [-0.2, 0) is 6.54 Å². The molecule has 0 saturated heterocycles. The number of hydrogen-bond acceptors (Lipinski definition) is 3. The first-order chi connectivity index (χ1) is 8.74. The second-order valence-electron chi connectivity index (χ2n) is 3.67. The number of nitrogens with one attached hydrogen (secondary N) is 1. The molecule has 0 saturated carbocycles. The summed E-state index contributed by atoms with van der Waals surface area (Å²) < 4.78 is 7.05. The number of hydrogen-bond donors (Lipinski definition) is 1. The lowest BCUT2D eigenvalue weighted by Crippen LogP contribution is -2.01. The third-order valence-electron chi connectivity index (χ3n) is 2.45. The van der Waals surface area contributed by atoms with Crippen molar-refractivity contribution in [2.45, 2.75) is 6.54 Å². The number of benzene rings is 1. The SMILES string of the molecule is C=CCn1ccnc1Nc1ccc(OC)c(Cl)c1. The molecule has 0 aliphatic carbocycles. The van der Waals surface area contributed by atoms with Crippen molar-refractivity contribution in [3.05, 3.63) is 48.3 Å². The Hall–Kier alpha value is -1.94. The molecular formula is C13H14ClN3O. The van der Waals surface area contributed by atoms with Crippen LogP contribution in [0.2, 0.25) is 5.02 Å². The summed E-state index contributed by atoms with van der Waals surface area (Å²) in [7, 11) is 1.59. The normalized spacial score (nSPS) is 10.1. The zero-order chi connectivity index (χ0) is 13.0. The van der Waals surface area contributed by atoms with Gasteiger partial charge in [-0.05, 0) is 18.2 Å². The Balaban J connectivity index is 2.20. The summed E-state index contributed by atoms with van der Waals surface area (Å²) in [6, 6.07) is 5.50. The molecule has 0 spiro atoms. The summed E-state index contributed by atoms with van der Waals surface area (Å²) in [5.74, 6) is 1.40. The first kappa shape index (κ1) is 12.5. The molecule has 1 aromatic carbocycles. The van der Waals surface area contributed by atoms with Gasteiger partial charge in [0.05, 0.1) is 12.1 Å². The number of allylic oxidation sites excluding steroid dienone is 1. The Morgan fingerprint density at radius 3 is 3.06 bits per heavy atom. The van der Waals surface area contributed by atoms with Crippen LogP contribution in [0.5, 0.6) is 5.75 Å². The topological polar surface area (TPSA) is 39.1 Å². The van der Waals surface area contributed by atoms with Gasteiger partial charge in [0.25, 0.3) is 0 Å². The predicted molar refractivity (Wildman–Crippen MR) is 73.7 cm³/mol. The second kappa shape index (κ2) is 5.60. The number of methoxy groups -OCH3 is 1. The van der Waals surface area contributed by atoms with Crippen molar-refractivity contribution in [1.82, 2.24) is 9.55 Å². The van der Waals surface area contributed by atoms with E-state index in [-0.39, 0.29) is 0 Å². The van der Waals surface area contributed by atoms with Gasteiger partial charge in [-0.3, -0.25) is 0 Å². The quantitative estimate of drug-likeness (QED) is 0.840. The fraction of sp³-hybridized carbons (Fsp3) is 0.154. The van der Waals surface area contributed by atoms with E-state index in [1.54, 1.807) is 19.4 Å². The lowest BCUT2D eigenvalue weighted by molar-refractivity contribution is 0.415. The molecule has 18 heavy (non-hydrogen) atoms. The van der Waals surface area contributed by atoms with Gasteiger partial charge in [0.2, 0.25) is 5.95 Å². The number of anilines is 2. The molecule has 4 nitrogen and oxygen atoms in total. The fourth-order valence-electron chi connectivity index (χ4n) is 1.59. The minimum atomic E-state index is 0.560. The summed E-state index contributed by atoms with van der Waals surface area (Å²) in [6.07, 6.45) is 5.43. The fourth-order valence-corrected chi connectivity index (χ4v) is 1.85. The van der Waals surface area contributed by atoms with E-state index in [1.165, 1.54) is 0 Å². The maximum absolute atomic E-state index is 6.06. The summed E-state index contributed by atoms with van der Waals surface area (Å²) in [6.45, 7) is 4.41. The Kier molecular flexibility index (Phi) is 3.89. The van der Waals surface area contributed by atoms with E-state index in [1.807, 2.05) is 29.0 Å². The first-order valence-electron chi connectivity index (χ1n) is 5.47. The molecule has 0 unspecified atom stereocenters. The maximum Gasteiger partial charge on any atom is 0.207 e.